The van der Waals surface area contributed by atoms with Gasteiger partial charge in [-0.05, 0) is 48.6 Å². The number of hydrogen-bond acceptors (Lipinski definition) is 11. The number of guanidine groups is 1. The van der Waals surface area contributed by atoms with Crippen LogP contribution in [0.4, 0.5) is 0 Å². The number of rotatable bonds is 29. The Morgan fingerprint density at radius 1 is 0.706 bits per heavy atom. The number of aromatic nitrogens is 3. The number of carboxylic acids is 2. The summed E-state index contributed by atoms with van der Waals surface area (Å²) >= 11 is 0. The number of carbonyl (C=O) groups excluding carboxylic acids is 6. The van der Waals surface area contributed by atoms with E-state index in [1.165, 1.54) is 12.5 Å². The van der Waals surface area contributed by atoms with Crippen LogP contribution in [-0.4, -0.2) is 127 Å². The minimum Gasteiger partial charge on any atom is -0.481 e. The maximum atomic E-state index is 14.1. The van der Waals surface area contributed by atoms with Gasteiger partial charge in [0.25, 0.3) is 0 Å². The number of amides is 6. The number of nitrogens with zero attached hydrogens (tertiary/aromatic N) is 2. The Bertz CT molecular complexity index is 2210. The van der Waals surface area contributed by atoms with Gasteiger partial charge in [0, 0.05) is 48.4 Å². The fraction of sp³-hybridized carbons (Fsp3) is 0.556. The Labute approximate surface area is 394 Å². The number of H-pyrrole nitrogens is 2. The standard InChI is InChI=1S/C45H69N13O10/c1-7-24(5)36(42(65)56-34(44(67)68)17-26-20-51-30-14-10-9-12-28(26)30)58-43(66)37(25(6)8-2)57-41(64)33(19-35(59)60)55-39(62)31(16-23(3)4)54-40(63)32(18-27-21-49-22-52-27)53-38(61)29(46)13-11-15-50-45(47)48/h9-10,12,14,20-25,29,31-34,36-37,51H,7-8,11,13,15-19,46H2,1-6H3,(H,49,52)(H,53,61)(H,54,63)(H,55,62)(H,56,65)(H,57,64)(H,58,66)(H,59,60)(H,67,68)(H4,47,48,50). The fourth-order valence-electron chi connectivity index (χ4n) is 7.27. The van der Waals surface area contributed by atoms with Gasteiger partial charge in [0.1, 0.15) is 36.3 Å². The number of hydrogen-bond donors (Lipinski definition) is 13. The largest absolute Gasteiger partial charge is 0.481 e. The van der Waals surface area contributed by atoms with Gasteiger partial charge in [0.05, 0.1) is 18.8 Å². The summed E-state index contributed by atoms with van der Waals surface area (Å²) in [4.78, 5) is 121. The summed E-state index contributed by atoms with van der Waals surface area (Å²) in [6, 6.07) is -2.06. The Morgan fingerprint density at radius 2 is 1.26 bits per heavy atom. The molecule has 3 aromatic rings. The smallest absolute Gasteiger partial charge is 0.326 e. The summed E-state index contributed by atoms with van der Waals surface area (Å²) < 4.78 is 0. The van der Waals surface area contributed by atoms with Gasteiger partial charge in [-0.2, -0.15) is 0 Å². The minimum atomic E-state index is -1.75. The Balaban J connectivity index is 1.81. The summed E-state index contributed by atoms with van der Waals surface area (Å²) in [5.41, 5.74) is 18.7. The Hall–Kier alpha value is -7.04. The van der Waals surface area contributed by atoms with Crippen LogP contribution in [-0.2, 0) is 51.2 Å². The first kappa shape index (κ1) is 55.3. The minimum absolute atomic E-state index is 0.0233. The highest BCUT2D eigenvalue weighted by atomic mass is 16.4. The molecule has 68 heavy (non-hydrogen) atoms. The van der Waals surface area contributed by atoms with E-state index in [2.05, 4.69) is 51.8 Å². The number of carboxylic acid groups (broad SMARTS) is 2. The van der Waals surface area contributed by atoms with E-state index >= 15 is 0 Å². The molecular formula is C45H69N13O10. The zero-order chi connectivity index (χ0) is 50.7. The lowest BCUT2D eigenvalue weighted by molar-refractivity contribution is -0.142. The molecule has 6 amide bonds. The van der Waals surface area contributed by atoms with Crippen LogP contribution >= 0.6 is 0 Å². The van der Waals surface area contributed by atoms with Gasteiger partial charge in [-0.3, -0.25) is 38.6 Å². The van der Waals surface area contributed by atoms with E-state index in [0.717, 1.165) is 10.9 Å². The van der Waals surface area contributed by atoms with Crippen LogP contribution in [0, 0.1) is 17.8 Å². The van der Waals surface area contributed by atoms with E-state index in [-0.39, 0.29) is 44.1 Å². The second-order valence-corrected chi connectivity index (χ2v) is 17.5. The summed E-state index contributed by atoms with van der Waals surface area (Å²) in [5.74, 6) is -9.18. The van der Waals surface area contributed by atoms with Crippen LogP contribution in [0.2, 0.25) is 0 Å². The lowest BCUT2D eigenvalue weighted by Crippen LogP contribution is -2.61. The number of aliphatic carboxylic acids is 2. The summed E-state index contributed by atoms with van der Waals surface area (Å²) in [6.45, 7) is 10.6. The first-order chi connectivity index (χ1) is 32.1. The van der Waals surface area contributed by atoms with Crippen molar-refractivity contribution in [1.82, 2.24) is 46.9 Å². The normalized spacial score (nSPS) is 15.2. The lowest BCUT2D eigenvalue weighted by atomic mass is 9.94. The molecule has 0 bridgehead atoms. The predicted molar refractivity (Wildman–Crippen MR) is 252 cm³/mol. The van der Waals surface area contributed by atoms with E-state index in [1.807, 2.05) is 24.3 Å². The molecule has 0 aliphatic rings. The van der Waals surface area contributed by atoms with Crippen molar-refractivity contribution < 1.29 is 48.6 Å². The molecule has 0 radical (unpaired) electrons. The van der Waals surface area contributed by atoms with Crippen LogP contribution in [0.25, 0.3) is 10.9 Å². The van der Waals surface area contributed by atoms with Crippen molar-refractivity contribution in [3.8, 4) is 0 Å². The third-order valence-electron chi connectivity index (χ3n) is 11.6. The topological polar surface area (TPSA) is 384 Å². The maximum Gasteiger partial charge on any atom is 0.326 e. The van der Waals surface area contributed by atoms with Crippen molar-refractivity contribution in [3.63, 3.8) is 0 Å². The van der Waals surface area contributed by atoms with Gasteiger partial charge < -0.3 is 69.3 Å². The average molecular weight is 952 g/mol. The summed E-state index contributed by atoms with van der Waals surface area (Å²) in [6.07, 6.45) is 4.74. The van der Waals surface area contributed by atoms with E-state index < -0.39 is 108 Å². The van der Waals surface area contributed by atoms with Crippen LogP contribution in [0.1, 0.15) is 91.3 Å². The highest BCUT2D eigenvalue weighted by Crippen LogP contribution is 2.20. The highest BCUT2D eigenvalue weighted by molar-refractivity contribution is 5.98. The number of fused-ring (bicyclic) bond motifs is 1. The molecule has 0 aliphatic heterocycles. The fourth-order valence-corrected chi connectivity index (χ4v) is 7.27. The molecule has 23 heteroatoms. The molecule has 23 nitrogen and oxygen atoms in total. The number of nitrogens with two attached hydrogens (primary N) is 3. The van der Waals surface area contributed by atoms with Gasteiger partial charge in [-0.1, -0.05) is 72.6 Å². The van der Waals surface area contributed by atoms with Crippen LogP contribution < -0.4 is 49.1 Å². The zero-order valence-corrected chi connectivity index (χ0v) is 39.5. The Kier molecular flexibility index (Phi) is 21.9. The predicted octanol–water partition coefficient (Wildman–Crippen LogP) is -0.337. The van der Waals surface area contributed by atoms with Gasteiger partial charge in [0.2, 0.25) is 35.4 Å². The van der Waals surface area contributed by atoms with E-state index in [9.17, 15) is 48.6 Å². The van der Waals surface area contributed by atoms with E-state index in [4.69, 9.17) is 17.2 Å². The second kappa shape index (κ2) is 26.9. The highest BCUT2D eigenvalue weighted by Gasteiger charge is 2.37. The number of aromatic amines is 2. The average Bonchev–Trinajstić information content (AvgIpc) is 3.96. The number of imidazole rings is 1. The van der Waals surface area contributed by atoms with Crippen molar-refractivity contribution in [2.45, 2.75) is 135 Å². The van der Waals surface area contributed by atoms with Gasteiger partial charge in [-0.25, -0.2) is 9.78 Å². The third kappa shape index (κ3) is 17.3. The molecule has 9 atom stereocenters. The molecule has 0 saturated carbocycles. The molecule has 2 aromatic heterocycles. The summed E-state index contributed by atoms with van der Waals surface area (Å²) in [7, 11) is 0. The molecule has 374 valence electrons. The van der Waals surface area contributed by atoms with Crippen molar-refractivity contribution in [1.29, 1.82) is 0 Å². The molecule has 0 aliphatic carbocycles. The molecule has 16 N–H and O–H groups in total. The van der Waals surface area contributed by atoms with Gasteiger partial charge in [-0.15, -0.1) is 0 Å². The monoisotopic (exact) mass is 952 g/mol. The van der Waals surface area contributed by atoms with Crippen molar-refractivity contribution >= 4 is 64.2 Å². The molecule has 3 rings (SSSR count). The van der Waals surface area contributed by atoms with Crippen LogP contribution in [0.3, 0.4) is 0 Å². The molecule has 0 saturated heterocycles. The van der Waals surface area contributed by atoms with E-state index in [1.54, 1.807) is 47.7 Å². The van der Waals surface area contributed by atoms with Crippen molar-refractivity contribution in [2.24, 2.45) is 39.9 Å². The van der Waals surface area contributed by atoms with Crippen LogP contribution in [0.5, 0.6) is 0 Å². The van der Waals surface area contributed by atoms with Crippen molar-refractivity contribution in [3.05, 3.63) is 54.2 Å². The first-order valence-electron chi connectivity index (χ1n) is 22.7. The summed E-state index contributed by atoms with van der Waals surface area (Å²) in [5, 5.41) is 36.3. The van der Waals surface area contributed by atoms with Gasteiger partial charge in [0.15, 0.2) is 5.96 Å². The van der Waals surface area contributed by atoms with Crippen molar-refractivity contribution in [2.75, 3.05) is 6.54 Å². The molecule has 2 heterocycles. The Morgan fingerprint density at radius 3 is 1.84 bits per heavy atom. The van der Waals surface area contributed by atoms with Crippen LogP contribution in [0.15, 0.2) is 48.0 Å². The van der Waals surface area contributed by atoms with Gasteiger partial charge >= 0.3 is 11.9 Å². The number of nitrogens with one attached hydrogen (secondary N) is 8. The first-order valence-corrected chi connectivity index (χ1v) is 22.7. The number of carbonyl (C=O) groups is 8. The molecule has 0 fully saturated rings. The zero-order valence-electron chi connectivity index (χ0n) is 39.5. The third-order valence-corrected chi connectivity index (χ3v) is 11.6. The molecule has 9 unspecified atom stereocenters. The molecule has 0 spiro atoms. The number of benzene rings is 1. The number of para-hydroxylation sites is 1. The lowest BCUT2D eigenvalue weighted by Gasteiger charge is -2.31. The number of aliphatic imine (C=N–C) groups is 1. The van der Waals surface area contributed by atoms with E-state index in [0.29, 0.717) is 30.5 Å². The molecular weight excluding hydrogens is 883 g/mol. The quantitative estimate of drug-likeness (QED) is 0.0241. The second-order valence-electron chi connectivity index (χ2n) is 17.5. The maximum absolute atomic E-state index is 14.1. The SMILES string of the molecule is CCC(C)C(NC(=O)C(CC(=O)O)NC(=O)C(CC(C)C)NC(=O)C(Cc1cnc[nH]1)NC(=O)C(N)CCCN=C(N)N)C(=O)NC(C(=O)NC(Cc1c[nH]c2ccccc12)C(=O)O)C(C)CC. The molecule has 1 aromatic carbocycles.